The maximum atomic E-state index is 11.9. The lowest BCUT2D eigenvalue weighted by molar-refractivity contribution is -0.119. The molecule has 1 N–H and O–H groups in total. The number of nitriles is 1. The molecule has 1 heterocycles. The van der Waals surface area contributed by atoms with Gasteiger partial charge in [-0.05, 0) is 38.0 Å². The fraction of sp³-hybridized carbons (Fsp3) is 0.353. The molecule has 0 saturated carbocycles. The Kier molecular flexibility index (Phi) is 5.40. The van der Waals surface area contributed by atoms with Crippen molar-refractivity contribution in [1.82, 2.24) is 10.3 Å². The molecule has 114 valence electrons. The molecule has 0 aliphatic rings. The van der Waals surface area contributed by atoms with Gasteiger partial charge in [-0.25, -0.2) is 4.98 Å². The lowest BCUT2D eigenvalue weighted by Crippen LogP contribution is -2.33. The number of fused-ring (bicyclic) bond motifs is 1. The van der Waals surface area contributed by atoms with E-state index in [1.54, 1.807) is 0 Å². The first-order valence-electron chi connectivity index (χ1n) is 7.27. The molecule has 0 saturated heterocycles. The molecule has 4 nitrogen and oxygen atoms in total. The van der Waals surface area contributed by atoms with Crippen molar-refractivity contribution in [2.75, 3.05) is 5.75 Å². The summed E-state index contributed by atoms with van der Waals surface area (Å²) in [7, 11) is 0. The second-order valence-electron chi connectivity index (χ2n) is 5.31. The highest BCUT2D eigenvalue weighted by molar-refractivity contribution is 8.00. The minimum atomic E-state index is -0.0330. The number of aromatic nitrogens is 1. The van der Waals surface area contributed by atoms with E-state index in [4.69, 9.17) is 0 Å². The van der Waals surface area contributed by atoms with Crippen LogP contribution in [0.1, 0.15) is 31.4 Å². The van der Waals surface area contributed by atoms with Gasteiger partial charge in [0.05, 0.1) is 16.8 Å². The van der Waals surface area contributed by atoms with Crippen molar-refractivity contribution in [3.8, 4) is 6.07 Å². The van der Waals surface area contributed by atoms with E-state index in [0.29, 0.717) is 10.6 Å². The largest absolute Gasteiger partial charge is 0.353 e. The second-order valence-corrected chi connectivity index (χ2v) is 6.28. The third-order valence-corrected chi connectivity index (χ3v) is 4.41. The monoisotopic (exact) mass is 313 g/mol. The predicted octanol–water partition coefficient (Wildman–Crippen LogP) is 3.42. The standard InChI is InChI=1S/C17H19N3OS/c1-4-12(3)19-16(21)10-22-17-14(9-18)8-13-6-5-11(2)7-15(13)20-17/h5-8,12H,4,10H2,1-3H3,(H,19,21)/t12-/m1/s1. The predicted molar refractivity (Wildman–Crippen MR) is 89.8 cm³/mol. The van der Waals surface area contributed by atoms with Crippen molar-refractivity contribution in [1.29, 1.82) is 5.26 Å². The molecular formula is C17H19N3OS. The smallest absolute Gasteiger partial charge is 0.230 e. The number of carbonyl (C=O) groups is 1. The van der Waals surface area contributed by atoms with Crippen LogP contribution in [0, 0.1) is 18.3 Å². The van der Waals surface area contributed by atoms with Crippen LogP contribution in [-0.4, -0.2) is 22.7 Å². The summed E-state index contributed by atoms with van der Waals surface area (Å²) in [5.74, 6) is 0.234. The first kappa shape index (κ1) is 16.3. The van der Waals surface area contributed by atoms with E-state index < -0.39 is 0 Å². The van der Waals surface area contributed by atoms with Crippen LogP contribution in [0.4, 0.5) is 0 Å². The van der Waals surface area contributed by atoms with Crippen molar-refractivity contribution >= 4 is 28.6 Å². The van der Waals surface area contributed by atoms with E-state index in [9.17, 15) is 10.1 Å². The highest BCUT2D eigenvalue weighted by Crippen LogP contribution is 2.25. The van der Waals surface area contributed by atoms with Crippen LogP contribution in [0.5, 0.6) is 0 Å². The molecule has 0 fully saturated rings. The fourth-order valence-electron chi connectivity index (χ4n) is 2.00. The second kappa shape index (κ2) is 7.28. The number of hydrogen-bond donors (Lipinski definition) is 1. The van der Waals surface area contributed by atoms with Crippen LogP contribution in [0.25, 0.3) is 10.9 Å². The van der Waals surface area contributed by atoms with Crippen LogP contribution >= 0.6 is 11.8 Å². The van der Waals surface area contributed by atoms with E-state index in [0.717, 1.165) is 22.9 Å². The Balaban J connectivity index is 2.19. The Labute approximate surface area is 134 Å². The molecule has 22 heavy (non-hydrogen) atoms. The van der Waals surface area contributed by atoms with Gasteiger partial charge in [-0.2, -0.15) is 5.26 Å². The van der Waals surface area contributed by atoms with Gasteiger partial charge < -0.3 is 5.32 Å². The normalized spacial score (nSPS) is 11.9. The first-order chi connectivity index (χ1) is 10.5. The zero-order valence-electron chi connectivity index (χ0n) is 13.0. The molecule has 1 amide bonds. The van der Waals surface area contributed by atoms with Gasteiger partial charge in [0.15, 0.2) is 0 Å². The summed E-state index contributed by atoms with van der Waals surface area (Å²) in [4.78, 5) is 16.4. The van der Waals surface area contributed by atoms with Gasteiger partial charge in [-0.15, -0.1) is 0 Å². The van der Waals surface area contributed by atoms with Crippen molar-refractivity contribution in [2.45, 2.75) is 38.3 Å². The van der Waals surface area contributed by atoms with Crippen molar-refractivity contribution in [2.24, 2.45) is 0 Å². The quantitative estimate of drug-likeness (QED) is 0.859. The maximum absolute atomic E-state index is 11.9. The lowest BCUT2D eigenvalue weighted by atomic mass is 10.1. The molecule has 0 radical (unpaired) electrons. The van der Waals surface area contributed by atoms with Gasteiger partial charge in [0, 0.05) is 11.4 Å². The summed E-state index contributed by atoms with van der Waals surface area (Å²) in [5, 5.41) is 13.7. The average molecular weight is 313 g/mol. The van der Waals surface area contributed by atoms with E-state index in [1.807, 2.05) is 45.0 Å². The molecular weight excluding hydrogens is 294 g/mol. The molecule has 0 unspecified atom stereocenters. The Hall–Kier alpha value is -2.06. The number of carbonyl (C=O) groups excluding carboxylic acids is 1. The lowest BCUT2D eigenvalue weighted by Gasteiger charge is -2.11. The zero-order chi connectivity index (χ0) is 16.1. The SMILES string of the molecule is CC[C@@H](C)NC(=O)CSc1nc2cc(C)ccc2cc1C#N. The highest BCUT2D eigenvalue weighted by atomic mass is 32.2. The number of rotatable bonds is 5. The molecule has 0 spiro atoms. The van der Waals surface area contributed by atoms with Gasteiger partial charge in [0.1, 0.15) is 11.1 Å². The average Bonchev–Trinajstić information content (AvgIpc) is 2.51. The summed E-state index contributed by atoms with van der Waals surface area (Å²) in [5.41, 5.74) is 2.48. The minimum absolute atomic E-state index is 0.0330. The summed E-state index contributed by atoms with van der Waals surface area (Å²) in [6.45, 7) is 6.01. The number of amides is 1. The Morgan fingerprint density at radius 1 is 1.45 bits per heavy atom. The van der Waals surface area contributed by atoms with E-state index in [2.05, 4.69) is 16.4 Å². The van der Waals surface area contributed by atoms with Gasteiger partial charge in [-0.1, -0.05) is 30.8 Å². The molecule has 0 bridgehead atoms. The van der Waals surface area contributed by atoms with Gasteiger partial charge in [0.25, 0.3) is 0 Å². The minimum Gasteiger partial charge on any atom is -0.353 e. The maximum Gasteiger partial charge on any atom is 0.230 e. The third-order valence-electron chi connectivity index (χ3n) is 3.42. The van der Waals surface area contributed by atoms with Crippen LogP contribution in [0.15, 0.2) is 29.3 Å². The van der Waals surface area contributed by atoms with Gasteiger partial charge >= 0.3 is 0 Å². The summed E-state index contributed by atoms with van der Waals surface area (Å²) < 4.78 is 0. The Morgan fingerprint density at radius 3 is 2.91 bits per heavy atom. The number of hydrogen-bond acceptors (Lipinski definition) is 4. The molecule has 1 atom stereocenters. The molecule has 2 rings (SSSR count). The molecule has 0 aliphatic carbocycles. The van der Waals surface area contributed by atoms with Crippen molar-refractivity contribution < 1.29 is 4.79 Å². The van der Waals surface area contributed by atoms with E-state index in [-0.39, 0.29) is 17.7 Å². The van der Waals surface area contributed by atoms with Crippen LogP contribution in [0.3, 0.4) is 0 Å². The zero-order valence-corrected chi connectivity index (χ0v) is 13.8. The number of thioether (sulfide) groups is 1. The van der Waals surface area contributed by atoms with Crippen LogP contribution in [-0.2, 0) is 4.79 Å². The van der Waals surface area contributed by atoms with E-state index >= 15 is 0 Å². The molecule has 0 aliphatic heterocycles. The number of nitrogens with zero attached hydrogens (tertiary/aromatic N) is 2. The molecule has 1 aromatic carbocycles. The number of pyridine rings is 1. The van der Waals surface area contributed by atoms with Crippen molar-refractivity contribution in [3.63, 3.8) is 0 Å². The summed E-state index contributed by atoms with van der Waals surface area (Å²) in [6, 6.07) is 10.1. The molecule has 2 aromatic rings. The number of nitrogens with one attached hydrogen (secondary N) is 1. The summed E-state index contributed by atoms with van der Waals surface area (Å²) >= 11 is 1.31. The van der Waals surface area contributed by atoms with Crippen molar-refractivity contribution in [3.05, 3.63) is 35.4 Å². The number of benzene rings is 1. The van der Waals surface area contributed by atoms with Crippen LogP contribution < -0.4 is 5.32 Å². The van der Waals surface area contributed by atoms with Gasteiger partial charge in [0.2, 0.25) is 5.91 Å². The first-order valence-corrected chi connectivity index (χ1v) is 8.25. The van der Waals surface area contributed by atoms with E-state index in [1.165, 1.54) is 11.8 Å². The Bertz CT molecular complexity index is 736. The Morgan fingerprint density at radius 2 is 2.23 bits per heavy atom. The number of aryl methyl sites for hydroxylation is 1. The summed E-state index contributed by atoms with van der Waals surface area (Å²) in [6.07, 6.45) is 0.896. The van der Waals surface area contributed by atoms with Crippen LogP contribution in [0.2, 0.25) is 0 Å². The fourth-order valence-corrected chi connectivity index (χ4v) is 2.78. The third kappa shape index (κ3) is 3.99. The highest BCUT2D eigenvalue weighted by Gasteiger charge is 2.11. The molecule has 5 heteroatoms. The molecule has 1 aromatic heterocycles. The topological polar surface area (TPSA) is 65.8 Å². The van der Waals surface area contributed by atoms with Gasteiger partial charge in [-0.3, -0.25) is 4.79 Å².